The molecule has 0 atom stereocenters. The van der Waals surface area contributed by atoms with Gasteiger partial charge in [-0.3, -0.25) is 9.59 Å². The van der Waals surface area contributed by atoms with Crippen LogP contribution in [0, 0.1) is 0 Å². The van der Waals surface area contributed by atoms with Gasteiger partial charge in [0.2, 0.25) is 11.6 Å². The highest BCUT2D eigenvalue weighted by molar-refractivity contribution is 8.08. The van der Waals surface area contributed by atoms with Crippen LogP contribution in [0.15, 0.2) is 56.0 Å². The Kier molecular flexibility index (Phi) is 5.79. The lowest BCUT2D eigenvalue weighted by Crippen LogP contribution is -2.03. The van der Waals surface area contributed by atoms with Gasteiger partial charge in [0.1, 0.15) is 0 Å². The second-order valence-corrected chi connectivity index (χ2v) is 9.49. The fourth-order valence-electron chi connectivity index (χ4n) is 3.62. The van der Waals surface area contributed by atoms with Crippen molar-refractivity contribution in [1.29, 1.82) is 0 Å². The molecule has 0 spiro atoms. The van der Waals surface area contributed by atoms with Gasteiger partial charge in [0, 0.05) is 20.9 Å². The molecule has 2 aliphatic rings. The molecule has 0 bridgehead atoms. The van der Waals surface area contributed by atoms with Crippen LogP contribution in [-0.2, 0) is 12.8 Å². The molecule has 0 amide bonds. The maximum Gasteiger partial charge on any atom is 0.202 e. The predicted octanol–water partition coefficient (Wildman–Crippen LogP) is 6.86. The smallest absolute Gasteiger partial charge is 0.202 e. The molecule has 0 radical (unpaired) electrons. The van der Waals surface area contributed by atoms with E-state index in [-0.39, 0.29) is 11.6 Å². The summed E-state index contributed by atoms with van der Waals surface area (Å²) < 4.78 is 0. The molecule has 0 aliphatic carbocycles. The number of rotatable bonds is 6. The van der Waals surface area contributed by atoms with E-state index in [1.54, 1.807) is 0 Å². The number of fused-ring (bicyclic) bond motifs is 2. The number of thioether (sulfide) groups is 2. The van der Waals surface area contributed by atoms with E-state index >= 15 is 0 Å². The maximum absolute atomic E-state index is 13.1. The van der Waals surface area contributed by atoms with Crippen LogP contribution in [0.3, 0.4) is 0 Å². The first kappa shape index (κ1) is 19.5. The molecule has 2 heterocycles. The highest BCUT2D eigenvalue weighted by Crippen LogP contribution is 2.50. The molecule has 144 valence electrons. The van der Waals surface area contributed by atoms with Crippen LogP contribution in [0.2, 0.25) is 0 Å². The van der Waals surface area contributed by atoms with E-state index in [2.05, 4.69) is 26.0 Å². The molecule has 2 aliphatic heterocycles. The van der Waals surface area contributed by atoms with E-state index in [4.69, 9.17) is 0 Å². The van der Waals surface area contributed by atoms with Crippen LogP contribution in [-0.4, -0.2) is 11.6 Å². The molecule has 4 heteroatoms. The van der Waals surface area contributed by atoms with E-state index in [1.807, 2.05) is 24.3 Å². The first-order valence-corrected chi connectivity index (χ1v) is 11.7. The van der Waals surface area contributed by atoms with E-state index in [9.17, 15) is 9.59 Å². The van der Waals surface area contributed by atoms with E-state index in [0.29, 0.717) is 9.81 Å². The summed E-state index contributed by atoms with van der Waals surface area (Å²) in [4.78, 5) is 29.3. The summed E-state index contributed by atoms with van der Waals surface area (Å²) in [5.41, 5.74) is 3.92. The van der Waals surface area contributed by atoms with Crippen LogP contribution in [0.4, 0.5) is 0 Å². The number of carbonyl (C=O) groups excluding carboxylic acids is 2. The molecular weight excluding hydrogens is 384 g/mol. The van der Waals surface area contributed by atoms with Crippen LogP contribution < -0.4 is 0 Å². The maximum atomic E-state index is 13.1. The van der Waals surface area contributed by atoms with Gasteiger partial charge < -0.3 is 0 Å². The summed E-state index contributed by atoms with van der Waals surface area (Å²) in [6.07, 6.45) is 6.51. The number of hydrogen-bond donors (Lipinski definition) is 0. The Bertz CT molecular complexity index is 909. The minimum Gasteiger partial charge on any atom is -0.288 e. The Morgan fingerprint density at radius 3 is 1.50 bits per heavy atom. The normalized spacial score (nSPS) is 17.9. The zero-order valence-electron chi connectivity index (χ0n) is 16.3. The Morgan fingerprint density at radius 2 is 1.11 bits per heavy atom. The third-order valence-corrected chi connectivity index (χ3v) is 7.73. The molecule has 0 saturated carbocycles. The first-order valence-electron chi connectivity index (χ1n) is 10.1. The minimum absolute atomic E-state index is 0.00760. The summed E-state index contributed by atoms with van der Waals surface area (Å²) in [6.45, 7) is 4.34. The van der Waals surface area contributed by atoms with E-state index in [0.717, 1.165) is 59.4 Å². The minimum atomic E-state index is 0.00760. The number of benzene rings is 2. The lowest BCUT2D eigenvalue weighted by molar-refractivity contribution is 0.101. The summed E-state index contributed by atoms with van der Waals surface area (Å²) >= 11 is 2.91. The average Bonchev–Trinajstić information content (AvgIpc) is 3.21. The summed E-state index contributed by atoms with van der Waals surface area (Å²) in [5, 5.41) is 0. The zero-order chi connectivity index (χ0) is 19.7. The molecule has 0 unspecified atom stereocenters. The topological polar surface area (TPSA) is 34.1 Å². The van der Waals surface area contributed by atoms with Crippen molar-refractivity contribution in [1.82, 2.24) is 0 Å². The predicted molar refractivity (Wildman–Crippen MR) is 118 cm³/mol. The molecule has 2 aromatic carbocycles. The zero-order valence-corrected chi connectivity index (χ0v) is 18.0. The van der Waals surface area contributed by atoms with Crippen molar-refractivity contribution >= 4 is 35.1 Å². The van der Waals surface area contributed by atoms with Gasteiger partial charge in [0.25, 0.3) is 0 Å². The summed E-state index contributed by atoms with van der Waals surface area (Å²) in [5.74, 6) is 0.0152. The fraction of sp³-hybridized carbons (Fsp3) is 0.333. The Hall–Kier alpha value is -1.78. The number of unbranched alkanes of at least 4 members (excludes halogenated alkanes) is 2. The van der Waals surface area contributed by atoms with Crippen molar-refractivity contribution in [3.05, 3.63) is 68.5 Å². The van der Waals surface area contributed by atoms with Gasteiger partial charge in [-0.05, 0) is 61.1 Å². The molecule has 0 saturated heterocycles. The molecule has 2 aromatic rings. The Morgan fingerprint density at radius 1 is 0.679 bits per heavy atom. The number of carbonyl (C=O) groups is 2. The Balaban J connectivity index is 1.63. The van der Waals surface area contributed by atoms with Crippen molar-refractivity contribution in [2.45, 2.75) is 62.2 Å². The van der Waals surface area contributed by atoms with Crippen molar-refractivity contribution < 1.29 is 9.59 Å². The second kappa shape index (κ2) is 8.30. The largest absolute Gasteiger partial charge is 0.288 e. The molecule has 0 N–H and O–H groups in total. The number of ketones is 2. The first-order chi connectivity index (χ1) is 13.6. The van der Waals surface area contributed by atoms with E-state index < -0.39 is 0 Å². The molecular formula is C24H24O2S2. The van der Waals surface area contributed by atoms with Gasteiger partial charge in [-0.2, -0.15) is 0 Å². The summed E-state index contributed by atoms with van der Waals surface area (Å²) in [7, 11) is 0. The number of allylic oxidation sites excluding steroid dienone is 2. The number of Topliss-reactive ketones (excluding diaryl/α,β-unsaturated/α-hetero) is 2. The van der Waals surface area contributed by atoms with Gasteiger partial charge in [0.05, 0.1) is 9.81 Å². The standard InChI is InChI=1S/C24H24O2S2/c1-3-5-7-15-9-11-19-17(13-15)21(25)23(27-19)24-22(26)18-14-16(8-6-4-2)10-12-20(18)28-24/h9-14H,3-8H2,1-2H3/b24-23-. The van der Waals surface area contributed by atoms with Crippen molar-refractivity contribution in [2.75, 3.05) is 0 Å². The van der Waals surface area contributed by atoms with Crippen LogP contribution in [0.25, 0.3) is 0 Å². The number of aryl methyl sites for hydroxylation is 2. The van der Waals surface area contributed by atoms with Crippen LogP contribution in [0.1, 0.15) is 71.4 Å². The van der Waals surface area contributed by atoms with Gasteiger partial charge in [-0.1, -0.05) is 62.3 Å². The lowest BCUT2D eigenvalue weighted by Gasteiger charge is -2.02. The van der Waals surface area contributed by atoms with Crippen LogP contribution in [0.5, 0.6) is 0 Å². The van der Waals surface area contributed by atoms with Crippen molar-refractivity contribution in [3.8, 4) is 0 Å². The SMILES string of the molecule is CCCCc1ccc2c(c1)C(=O)/C(=C1/Sc3ccc(CCCC)cc3C1=O)S2. The van der Waals surface area contributed by atoms with Gasteiger partial charge in [0.15, 0.2) is 0 Å². The number of hydrogen-bond acceptors (Lipinski definition) is 4. The van der Waals surface area contributed by atoms with Gasteiger partial charge in [-0.15, -0.1) is 0 Å². The second-order valence-electron chi connectivity index (χ2n) is 7.39. The van der Waals surface area contributed by atoms with Crippen molar-refractivity contribution in [3.63, 3.8) is 0 Å². The van der Waals surface area contributed by atoms with Gasteiger partial charge in [-0.25, -0.2) is 0 Å². The quantitative estimate of drug-likeness (QED) is 0.489. The molecule has 2 nitrogen and oxygen atoms in total. The summed E-state index contributed by atoms with van der Waals surface area (Å²) in [6, 6.07) is 12.3. The third-order valence-electron chi connectivity index (χ3n) is 5.26. The van der Waals surface area contributed by atoms with Crippen molar-refractivity contribution in [2.24, 2.45) is 0 Å². The third kappa shape index (κ3) is 3.60. The average molecular weight is 409 g/mol. The lowest BCUT2D eigenvalue weighted by atomic mass is 10.0. The van der Waals surface area contributed by atoms with Crippen LogP contribution >= 0.6 is 23.5 Å². The highest BCUT2D eigenvalue weighted by Gasteiger charge is 2.36. The Labute approximate surface area is 175 Å². The molecule has 4 rings (SSSR count). The fourth-order valence-corrected chi connectivity index (χ4v) is 5.88. The molecule has 0 fully saturated rings. The molecule has 0 aromatic heterocycles. The van der Waals surface area contributed by atoms with Gasteiger partial charge >= 0.3 is 0 Å². The molecule has 28 heavy (non-hydrogen) atoms. The van der Waals surface area contributed by atoms with E-state index in [1.165, 1.54) is 34.7 Å². The monoisotopic (exact) mass is 408 g/mol. The highest BCUT2D eigenvalue weighted by atomic mass is 32.2.